The number of carbonyl (C=O) groups is 1. The van der Waals surface area contributed by atoms with Crippen LogP contribution in [0.15, 0.2) is 39.5 Å². The van der Waals surface area contributed by atoms with Crippen LogP contribution in [0.1, 0.15) is 23.6 Å². The zero-order chi connectivity index (χ0) is 29.0. The van der Waals surface area contributed by atoms with Crippen molar-refractivity contribution in [3.63, 3.8) is 0 Å². The van der Waals surface area contributed by atoms with E-state index in [4.69, 9.17) is 20.8 Å². The summed E-state index contributed by atoms with van der Waals surface area (Å²) in [6.07, 6.45) is -0.693. The van der Waals surface area contributed by atoms with Gasteiger partial charge < -0.3 is 24.7 Å². The molecular weight excluding hydrogens is 563 g/mol. The van der Waals surface area contributed by atoms with E-state index in [9.17, 15) is 18.0 Å². The minimum Gasteiger partial charge on any atom is -0.422 e. The zero-order valence-electron chi connectivity index (χ0n) is 22.6. The molecule has 2 N–H and O–H groups in total. The highest BCUT2D eigenvalue weighted by molar-refractivity contribution is 7.91. The first-order valence-corrected chi connectivity index (χ1v) is 15.0. The minimum atomic E-state index is -3.30. The van der Waals surface area contributed by atoms with E-state index in [1.807, 2.05) is 0 Å². The summed E-state index contributed by atoms with van der Waals surface area (Å²) in [5, 5.41) is 6.81. The lowest BCUT2D eigenvalue weighted by atomic mass is 9.97. The number of piperazine rings is 1. The third kappa shape index (κ3) is 6.92. The molecule has 10 nitrogen and oxygen atoms in total. The Kier molecular flexibility index (Phi) is 9.34. The van der Waals surface area contributed by atoms with Crippen molar-refractivity contribution >= 4 is 44.2 Å². The minimum absolute atomic E-state index is 0.0164. The van der Waals surface area contributed by atoms with E-state index in [0.717, 1.165) is 31.1 Å². The van der Waals surface area contributed by atoms with Gasteiger partial charge in [-0.2, -0.15) is 0 Å². The van der Waals surface area contributed by atoms with Crippen LogP contribution in [0, 0.1) is 5.82 Å². The number of nitrogens with zero attached hydrogens (tertiary/aromatic N) is 2. The van der Waals surface area contributed by atoms with E-state index in [1.165, 1.54) is 26.2 Å². The van der Waals surface area contributed by atoms with Crippen LogP contribution in [-0.2, 0) is 22.8 Å². The number of rotatable bonds is 9. The summed E-state index contributed by atoms with van der Waals surface area (Å²) >= 11 is 6.64. The van der Waals surface area contributed by atoms with Gasteiger partial charge in [0.15, 0.2) is 21.4 Å². The van der Waals surface area contributed by atoms with Crippen molar-refractivity contribution in [3.8, 4) is 5.75 Å². The molecule has 2 heterocycles. The largest absolute Gasteiger partial charge is 0.422 e. The monoisotopic (exact) mass is 594 g/mol. The number of fused-ring (bicyclic) bond motifs is 1. The fourth-order valence-corrected chi connectivity index (χ4v) is 5.19. The number of nitrogens with one attached hydrogen (secondary N) is 2. The van der Waals surface area contributed by atoms with Crippen LogP contribution < -0.4 is 21.0 Å². The number of carbonyl (C=O) groups excluding carboxylic acids is 1. The van der Waals surface area contributed by atoms with Gasteiger partial charge in [-0.05, 0) is 23.3 Å². The molecule has 1 amide bonds. The first-order chi connectivity index (χ1) is 19.0. The predicted octanol–water partition coefficient (Wildman–Crippen LogP) is 3.45. The van der Waals surface area contributed by atoms with Crippen molar-refractivity contribution in [1.29, 1.82) is 0 Å². The molecule has 3 aromatic rings. The van der Waals surface area contributed by atoms with Crippen molar-refractivity contribution in [3.05, 3.63) is 68.3 Å². The second-order valence-corrected chi connectivity index (χ2v) is 12.5. The Morgan fingerprint density at radius 1 is 1.23 bits per heavy atom. The third-order valence-corrected chi connectivity index (χ3v) is 8.60. The first kappa shape index (κ1) is 29.8. The molecule has 0 spiro atoms. The number of anilines is 1. The van der Waals surface area contributed by atoms with Crippen molar-refractivity contribution in [2.75, 3.05) is 57.2 Å². The number of ether oxygens (including phenoxy) is 1. The van der Waals surface area contributed by atoms with E-state index in [0.29, 0.717) is 34.3 Å². The van der Waals surface area contributed by atoms with E-state index in [2.05, 4.69) is 15.5 Å². The molecule has 1 aromatic heterocycles. The van der Waals surface area contributed by atoms with Crippen LogP contribution in [0.4, 0.5) is 14.9 Å². The first-order valence-electron chi connectivity index (χ1n) is 12.8. The lowest BCUT2D eigenvalue weighted by Crippen LogP contribution is -2.43. The highest BCUT2D eigenvalue weighted by Gasteiger charge is 2.23. The Bertz CT molecular complexity index is 1570. The second-order valence-electron chi connectivity index (χ2n) is 9.72. The molecule has 0 atom stereocenters. The van der Waals surface area contributed by atoms with Gasteiger partial charge in [0, 0.05) is 76.0 Å². The summed E-state index contributed by atoms with van der Waals surface area (Å²) in [6, 6.07) is 7.54. The highest BCUT2D eigenvalue weighted by atomic mass is 35.5. The Labute approximate surface area is 236 Å². The molecule has 1 fully saturated rings. The van der Waals surface area contributed by atoms with Crippen LogP contribution in [0.25, 0.3) is 11.0 Å². The van der Waals surface area contributed by atoms with Crippen LogP contribution in [0.3, 0.4) is 0 Å². The molecule has 0 unspecified atom stereocenters. The Morgan fingerprint density at radius 3 is 2.62 bits per heavy atom. The molecule has 13 heteroatoms. The van der Waals surface area contributed by atoms with Gasteiger partial charge >= 0.3 is 11.7 Å². The van der Waals surface area contributed by atoms with Crippen molar-refractivity contribution in [2.24, 2.45) is 0 Å². The highest BCUT2D eigenvalue weighted by Crippen LogP contribution is 2.32. The molecule has 0 bridgehead atoms. The van der Waals surface area contributed by atoms with Gasteiger partial charge in [-0.1, -0.05) is 30.7 Å². The Balaban J connectivity index is 1.78. The molecule has 0 radical (unpaired) electrons. The molecule has 4 rings (SSSR count). The van der Waals surface area contributed by atoms with Gasteiger partial charge in [-0.25, -0.2) is 22.4 Å². The van der Waals surface area contributed by atoms with Gasteiger partial charge in [0.25, 0.3) is 0 Å². The maximum atomic E-state index is 15.2. The van der Waals surface area contributed by atoms with Gasteiger partial charge in [-0.3, -0.25) is 4.90 Å². The molecule has 1 aliphatic heterocycles. The van der Waals surface area contributed by atoms with Crippen LogP contribution in [0.5, 0.6) is 5.75 Å². The number of hydrogen-bond acceptors (Lipinski definition) is 9. The number of amides is 1. The zero-order valence-corrected chi connectivity index (χ0v) is 24.1. The Hall–Kier alpha value is -3.19. The predicted molar refractivity (Wildman–Crippen MR) is 153 cm³/mol. The smallest absolute Gasteiger partial charge is 0.414 e. The maximum absolute atomic E-state index is 15.2. The van der Waals surface area contributed by atoms with Crippen LogP contribution in [0.2, 0.25) is 5.02 Å². The van der Waals surface area contributed by atoms with Crippen molar-refractivity contribution in [1.82, 2.24) is 15.1 Å². The fraction of sp³-hybridized carbons (Fsp3) is 0.407. The van der Waals surface area contributed by atoms with Crippen LogP contribution in [-0.4, -0.2) is 76.2 Å². The average molecular weight is 595 g/mol. The number of halogens is 2. The Morgan fingerprint density at radius 2 is 1.95 bits per heavy atom. The molecular formula is C27H32ClFN4O6S. The normalized spacial score (nSPS) is 14.3. The molecule has 0 aliphatic carbocycles. The fourth-order valence-electron chi connectivity index (χ4n) is 4.35. The summed E-state index contributed by atoms with van der Waals surface area (Å²) < 4.78 is 49.9. The quantitative estimate of drug-likeness (QED) is 0.359. The summed E-state index contributed by atoms with van der Waals surface area (Å²) in [4.78, 5) is 28.7. The maximum Gasteiger partial charge on any atom is 0.414 e. The van der Waals surface area contributed by atoms with Crippen molar-refractivity contribution < 1.29 is 26.8 Å². The van der Waals surface area contributed by atoms with Gasteiger partial charge in [-0.15, -0.1) is 0 Å². The number of sulfone groups is 1. The molecule has 1 saturated heterocycles. The van der Waals surface area contributed by atoms with Gasteiger partial charge in [0.2, 0.25) is 0 Å². The summed E-state index contributed by atoms with van der Waals surface area (Å²) in [5.41, 5.74) is 1.35. The van der Waals surface area contributed by atoms with Gasteiger partial charge in [0.1, 0.15) is 11.5 Å². The van der Waals surface area contributed by atoms with E-state index < -0.39 is 27.4 Å². The summed E-state index contributed by atoms with van der Waals surface area (Å²) in [7, 11) is -0.356. The summed E-state index contributed by atoms with van der Waals surface area (Å²) in [5.74, 6) is -1.42. The second kappa shape index (κ2) is 12.5. The molecule has 216 valence electrons. The van der Waals surface area contributed by atoms with Crippen molar-refractivity contribution in [2.45, 2.75) is 19.9 Å². The lowest BCUT2D eigenvalue weighted by Gasteiger charge is -2.28. The molecule has 40 heavy (non-hydrogen) atoms. The SMILES string of the molecule is CCS(=O)(=O)CNc1cccc(Cc2c(CN3CCNCC3)c3cc(F)c(OC(=O)N(C)C)cc3oc2=O)c1Cl. The van der Waals surface area contributed by atoms with E-state index in [1.54, 1.807) is 25.1 Å². The van der Waals surface area contributed by atoms with E-state index >= 15 is 4.39 Å². The average Bonchev–Trinajstić information content (AvgIpc) is 2.92. The van der Waals surface area contributed by atoms with Gasteiger partial charge in [0.05, 0.1) is 10.7 Å². The molecule has 0 saturated carbocycles. The summed E-state index contributed by atoms with van der Waals surface area (Å²) in [6.45, 7) is 4.93. The topological polar surface area (TPSA) is 121 Å². The standard InChI is InChI=1S/C27H32ClFN4O6S/c1-4-40(36,37)16-31-22-7-5-6-17(25(22)28)12-19-20(15-33-10-8-30-9-11-33)18-13-21(29)24(39-27(35)32(2)3)14-23(18)38-26(19)34/h5-7,13-14,30-31H,4,8-12,15-16H2,1-3H3. The number of hydrogen-bond donors (Lipinski definition) is 2. The lowest BCUT2D eigenvalue weighted by molar-refractivity contribution is 0.170. The molecule has 2 aromatic carbocycles. The van der Waals surface area contributed by atoms with Crippen LogP contribution >= 0.6 is 11.6 Å². The third-order valence-electron chi connectivity index (χ3n) is 6.69. The number of benzene rings is 2. The van der Waals surface area contributed by atoms with E-state index in [-0.39, 0.29) is 34.4 Å². The molecule has 1 aliphatic rings.